The number of pyridine rings is 1. The van der Waals surface area contributed by atoms with Crippen molar-refractivity contribution in [2.75, 3.05) is 20.1 Å². The van der Waals surface area contributed by atoms with Gasteiger partial charge >= 0.3 is 0 Å². The third-order valence-electron chi connectivity index (χ3n) is 4.00. The first kappa shape index (κ1) is 13.8. The first-order valence-electron chi connectivity index (χ1n) is 7.18. The molecule has 0 spiro atoms. The lowest BCUT2D eigenvalue weighted by Gasteiger charge is -2.19. The average Bonchev–Trinajstić information content (AvgIpc) is 3.15. The topological polar surface area (TPSA) is 73.9 Å². The number of nitrogens with zero attached hydrogens (tertiary/aromatic N) is 3. The van der Waals surface area contributed by atoms with E-state index in [1.165, 1.54) is 6.42 Å². The van der Waals surface area contributed by atoms with Crippen molar-refractivity contribution in [1.29, 1.82) is 0 Å². The van der Waals surface area contributed by atoms with Crippen LogP contribution >= 0.6 is 0 Å². The molecule has 3 rings (SSSR count). The van der Waals surface area contributed by atoms with Gasteiger partial charge in [-0.3, -0.25) is 14.9 Å². The minimum atomic E-state index is -0.0945. The molecule has 1 aliphatic heterocycles. The quantitative estimate of drug-likeness (QED) is 0.888. The molecule has 1 amide bonds. The minimum Gasteiger partial charge on any atom is -0.350 e. The molecule has 3 heterocycles. The maximum absolute atomic E-state index is 12.4. The SMILES string of the molecule is CN1CCCC1CNC(=O)c1cn[nH]c1-c1cccnc1. The van der Waals surface area contributed by atoms with Gasteiger partial charge in [0.05, 0.1) is 17.5 Å². The van der Waals surface area contributed by atoms with E-state index in [0.717, 1.165) is 18.5 Å². The molecule has 1 atom stereocenters. The van der Waals surface area contributed by atoms with E-state index < -0.39 is 0 Å². The molecule has 1 unspecified atom stereocenters. The van der Waals surface area contributed by atoms with Crippen LogP contribution in [0.4, 0.5) is 0 Å². The lowest BCUT2D eigenvalue weighted by atomic mass is 10.1. The first-order valence-corrected chi connectivity index (χ1v) is 7.18. The van der Waals surface area contributed by atoms with Crippen LogP contribution in [0, 0.1) is 0 Å². The molecule has 0 aliphatic carbocycles. The van der Waals surface area contributed by atoms with Crippen molar-refractivity contribution in [3.05, 3.63) is 36.3 Å². The molecule has 1 fully saturated rings. The molecule has 0 aromatic carbocycles. The molecule has 2 aromatic heterocycles. The highest BCUT2D eigenvalue weighted by molar-refractivity contribution is 5.99. The summed E-state index contributed by atoms with van der Waals surface area (Å²) in [7, 11) is 2.10. The van der Waals surface area contributed by atoms with Gasteiger partial charge in [-0.25, -0.2) is 0 Å². The van der Waals surface area contributed by atoms with E-state index in [-0.39, 0.29) is 5.91 Å². The number of aromatic amines is 1. The highest BCUT2D eigenvalue weighted by atomic mass is 16.1. The van der Waals surface area contributed by atoms with Crippen LogP contribution in [-0.4, -0.2) is 52.2 Å². The van der Waals surface area contributed by atoms with E-state index in [0.29, 0.717) is 23.8 Å². The number of likely N-dealkylation sites (N-methyl/N-ethyl adjacent to an activating group) is 1. The number of rotatable bonds is 4. The third kappa shape index (κ3) is 2.95. The predicted molar refractivity (Wildman–Crippen MR) is 79.8 cm³/mol. The summed E-state index contributed by atoms with van der Waals surface area (Å²) < 4.78 is 0. The second-order valence-electron chi connectivity index (χ2n) is 5.39. The summed E-state index contributed by atoms with van der Waals surface area (Å²) >= 11 is 0. The molecule has 0 bridgehead atoms. The molecule has 1 aliphatic rings. The Hall–Kier alpha value is -2.21. The van der Waals surface area contributed by atoms with Gasteiger partial charge in [0.2, 0.25) is 0 Å². The van der Waals surface area contributed by atoms with E-state index in [9.17, 15) is 4.79 Å². The van der Waals surface area contributed by atoms with Crippen molar-refractivity contribution in [3.63, 3.8) is 0 Å². The summed E-state index contributed by atoms with van der Waals surface area (Å²) in [6.07, 6.45) is 7.32. The second kappa shape index (κ2) is 6.05. The monoisotopic (exact) mass is 285 g/mol. The van der Waals surface area contributed by atoms with Crippen molar-refractivity contribution >= 4 is 5.91 Å². The zero-order valence-electron chi connectivity index (χ0n) is 12.0. The Morgan fingerprint density at radius 2 is 2.43 bits per heavy atom. The van der Waals surface area contributed by atoms with Crippen LogP contribution in [0.1, 0.15) is 23.2 Å². The molecule has 2 aromatic rings. The molecule has 0 saturated carbocycles. The molecule has 2 N–H and O–H groups in total. The van der Waals surface area contributed by atoms with Crippen LogP contribution in [0.2, 0.25) is 0 Å². The Labute approximate surface area is 123 Å². The Balaban J connectivity index is 1.70. The fraction of sp³-hybridized carbons (Fsp3) is 0.400. The number of aromatic nitrogens is 3. The fourth-order valence-electron chi connectivity index (χ4n) is 2.73. The third-order valence-corrected chi connectivity index (χ3v) is 4.00. The van der Waals surface area contributed by atoms with Gasteiger partial charge in [0.1, 0.15) is 0 Å². The summed E-state index contributed by atoms with van der Waals surface area (Å²) in [5, 5.41) is 9.88. The molecule has 1 saturated heterocycles. The molecular weight excluding hydrogens is 266 g/mol. The Morgan fingerprint density at radius 3 is 3.14 bits per heavy atom. The summed E-state index contributed by atoms with van der Waals surface area (Å²) in [5.74, 6) is -0.0945. The average molecular weight is 285 g/mol. The van der Waals surface area contributed by atoms with Gasteiger partial charge in [-0.05, 0) is 38.6 Å². The molecule has 6 nitrogen and oxygen atoms in total. The summed E-state index contributed by atoms with van der Waals surface area (Å²) in [4.78, 5) is 18.7. The zero-order valence-corrected chi connectivity index (χ0v) is 12.0. The van der Waals surface area contributed by atoms with Gasteiger partial charge in [-0.15, -0.1) is 0 Å². The molecule has 6 heteroatoms. The first-order chi connectivity index (χ1) is 10.3. The van der Waals surface area contributed by atoms with E-state index in [1.54, 1.807) is 18.6 Å². The minimum absolute atomic E-state index is 0.0945. The van der Waals surface area contributed by atoms with Gasteiger partial charge in [-0.2, -0.15) is 5.10 Å². The Bertz CT molecular complexity index is 610. The highest BCUT2D eigenvalue weighted by Gasteiger charge is 2.22. The smallest absolute Gasteiger partial charge is 0.255 e. The number of carbonyl (C=O) groups excluding carboxylic acids is 1. The second-order valence-corrected chi connectivity index (χ2v) is 5.39. The molecule has 110 valence electrons. The maximum Gasteiger partial charge on any atom is 0.255 e. The fourth-order valence-corrected chi connectivity index (χ4v) is 2.73. The highest BCUT2D eigenvalue weighted by Crippen LogP contribution is 2.20. The normalized spacial score (nSPS) is 18.8. The van der Waals surface area contributed by atoms with Crippen LogP contribution in [-0.2, 0) is 0 Å². The predicted octanol–water partition coefficient (Wildman–Crippen LogP) is 1.30. The van der Waals surface area contributed by atoms with Gasteiger partial charge in [0.25, 0.3) is 5.91 Å². The number of nitrogens with one attached hydrogen (secondary N) is 2. The lowest BCUT2D eigenvalue weighted by molar-refractivity contribution is 0.0944. The van der Waals surface area contributed by atoms with Crippen LogP contribution in [0.3, 0.4) is 0 Å². The van der Waals surface area contributed by atoms with Crippen molar-refractivity contribution in [2.45, 2.75) is 18.9 Å². The number of hydrogen-bond acceptors (Lipinski definition) is 4. The Morgan fingerprint density at radius 1 is 1.52 bits per heavy atom. The van der Waals surface area contributed by atoms with E-state index in [4.69, 9.17) is 0 Å². The van der Waals surface area contributed by atoms with Crippen LogP contribution in [0.25, 0.3) is 11.3 Å². The Kier molecular flexibility index (Phi) is 3.96. The number of hydrogen-bond donors (Lipinski definition) is 2. The molecule has 0 radical (unpaired) electrons. The number of amides is 1. The number of carbonyl (C=O) groups is 1. The standard InChI is InChI=1S/C15H19N5O/c1-20-7-3-5-12(20)9-17-15(21)13-10-18-19-14(13)11-4-2-6-16-8-11/h2,4,6,8,10,12H,3,5,7,9H2,1H3,(H,17,21)(H,18,19). The summed E-state index contributed by atoms with van der Waals surface area (Å²) in [6.45, 7) is 1.78. The van der Waals surface area contributed by atoms with Crippen LogP contribution < -0.4 is 5.32 Å². The van der Waals surface area contributed by atoms with Crippen molar-refractivity contribution < 1.29 is 4.79 Å². The molecule has 21 heavy (non-hydrogen) atoms. The van der Waals surface area contributed by atoms with E-state index in [2.05, 4.69) is 32.4 Å². The van der Waals surface area contributed by atoms with Gasteiger partial charge in [-0.1, -0.05) is 0 Å². The van der Waals surface area contributed by atoms with Crippen molar-refractivity contribution in [3.8, 4) is 11.3 Å². The van der Waals surface area contributed by atoms with Crippen LogP contribution in [0.15, 0.2) is 30.7 Å². The molecular formula is C15H19N5O. The van der Waals surface area contributed by atoms with Gasteiger partial charge in [0, 0.05) is 30.5 Å². The van der Waals surface area contributed by atoms with E-state index in [1.807, 2.05) is 12.1 Å². The van der Waals surface area contributed by atoms with Gasteiger partial charge in [0.15, 0.2) is 0 Å². The van der Waals surface area contributed by atoms with Crippen LogP contribution in [0.5, 0.6) is 0 Å². The van der Waals surface area contributed by atoms with E-state index >= 15 is 0 Å². The van der Waals surface area contributed by atoms with Crippen molar-refractivity contribution in [1.82, 2.24) is 25.4 Å². The zero-order chi connectivity index (χ0) is 14.7. The number of H-pyrrole nitrogens is 1. The lowest BCUT2D eigenvalue weighted by Crippen LogP contribution is -2.38. The maximum atomic E-state index is 12.4. The van der Waals surface area contributed by atoms with Gasteiger partial charge < -0.3 is 10.2 Å². The largest absolute Gasteiger partial charge is 0.350 e. The summed E-state index contributed by atoms with van der Waals surface area (Å²) in [6, 6.07) is 4.18. The summed E-state index contributed by atoms with van der Waals surface area (Å²) in [5.41, 5.74) is 2.13. The van der Waals surface area contributed by atoms with Crippen molar-refractivity contribution in [2.24, 2.45) is 0 Å². The number of likely N-dealkylation sites (tertiary alicyclic amines) is 1.